The molecule has 200 valence electrons. The monoisotopic (exact) mass is 524 g/mol. The van der Waals surface area contributed by atoms with Crippen LogP contribution in [0.25, 0.3) is 11.0 Å². The molecule has 6 heterocycles. The maximum absolute atomic E-state index is 13.3. The van der Waals surface area contributed by atoms with Gasteiger partial charge in [-0.3, -0.25) is 9.59 Å². The van der Waals surface area contributed by atoms with Crippen LogP contribution < -0.4 is 4.74 Å². The van der Waals surface area contributed by atoms with E-state index in [4.69, 9.17) is 4.74 Å². The van der Waals surface area contributed by atoms with Crippen LogP contribution in [0.3, 0.4) is 0 Å². The summed E-state index contributed by atoms with van der Waals surface area (Å²) in [6.07, 6.45) is 4.80. The van der Waals surface area contributed by atoms with Gasteiger partial charge in [-0.2, -0.15) is 0 Å². The minimum Gasteiger partial charge on any atom is -0.494 e. The van der Waals surface area contributed by atoms with Crippen LogP contribution in [0.2, 0.25) is 0 Å². The molecular weight excluding hydrogens is 492 g/mol. The summed E-state index contributed by atoms with van der Waals surface area (Å²) in [5.41, 5.74) is 6.46. The van der Waals surface area contributed by atoms with Gasteiger partial charge in [-0.25, -0.2) is 4.68 Å². The molecule has 0 aliphatic carbocycles. The summed E-state index contributed by atoms with van der Waals surface area (Å²) in [6, 6.07) is 19.6. The van der Waals surface area contributed by atoms with Crippen molar-refractivity contribution >= 4 is 22.9 Å². The first-order chi connectivity index (χ1) is 19.0. The zero-order valence-corrected chi connectivity index (χ0v) is 21.9. The Balaban J connectivity index is 1.36. The number of rotatable bonds is 2. The van der Waals surface area contributed by atoms with Gasteiger partial charge in [0.1, 0.15) is 11.3 Å². The Kier molecular flexibility index (Phi) is 7.00. The highest BCUT2D eigenvalue weighted by Crippen LogP contribution is 2.33. The first-order valence-corrected chi connectivity index (χ1v) is 13.7. The second-order valence-corrected chi connectivity index (χ2v) is 10.5. The largest absolute Gasteiger partial charge is 0.494 e. The summed E-state index contributed by atoms with van der Waals surface area (Å²) in [5, 5.41) is 18.5. The average Bonchev–Trinajstić information content (AvgIpc) is 3.36. The van der Waals surface area contributed by atoms with Crippen LogP contribution >= 0.6 is 0 Å². The molecule has 39 heavy (non-hydrogen) atoms. The van der Waals surface area contributed by atoms with Gasteiger partial charge < -0.3 is 14.7 Å². The molecule has 0 spiro atoms. The third-order valence-corrected chi connectivity index (χ3v) is 7.89. The predicted molar refractivity (Wildman–Crippen MR) is 147 cm³/mol. The topological polar surface area (TPSA) is 97.6 Å². The molecule has 1 amide bonds. The molecule has 0 saturated heterocycles. The lowest BCUT2D eigenvalue weighted by Crippen LogP contribution is -2.36. The predicted octanol–water partition coefficient (Wildman–Crippen LogP) is 5.19. The Morgan fingerprint density at radius 3 is 2.56 bits per heavy atom. The first-order valence-electron chi connectivity index (χ1n) is 13.7. The van der Waals surface area contributed by atoms with Gasteiger partial charge in [-0.1, -0.05) is 35.9 Å². The average molecular weight is 525 g/mol. The molecule has 4 aromatic rings. The molecule has 0 radical (unpaired) electrons. The van der Waals surface area contributed by atoms with E-state index >= 15 is 0 Å². The number of amides is 1. The fourth-order valence-corrected chi connectivity index (χ4v) is 5.72. The van der Waals surface area contributed by atoms with Gasteiger partial charge in [0.25, 0.3) is 5.91 Å². The van der Waals surface area contributed by atoms with Crippen LogP contribution in [0.1, 0.15) is 70.6 Å². The lowest BCUT2D eigenvalue weighted by atomic mass is 9.85. The fraction of sp³-hybridized carbons (Fsp3) is 0.355. The molecule has 1 unspecified atom stereocenters. The molecule has 0 saturated carbocycles. The highest BCUT2D eigenvalue weighted by atomic mass is 16.5. The van der Waals surface area contributed by atoms with E-state index in [1.165, 1.54) is 5.56 Å². The molecule has 5 aliphatic heterocycles. The van der Waals surface area contributed by atoms with E-state index in [-0.39, 0.29) is 18.2 Å². The Morgan fingerprint density at radius 2 is 1.72 bits per heavy atom. The minimum absolute atomic E-state index is 0.00776. The number of hydrogen-bond donors (Lipinski definition) is 1. The lowest BCUT2D eigenvalue weighted by molar-refractivity contribution is -0.137. The Bertz CT molecular complexity index is 1510. The summed E-state index contributed by atoms with van der Waals surface area (Å²) in [5.74, 6) is -0.423. The van der Waals surface area contributed by atoms with Crippen molar-refractivity contribution in [2.45, 2.75) is 57.5 Å². The molecule has 9 bridgehead atoms. The highest BCUT2D eigenvalue weighted by molar-refractivity contribution is 5.94. The number of nitrogens with zero attached hydrogens (tertiary/aromatic N) is 4. The molecule has 9 rings (SSSR count). The quantitative estimate of drug-likeness (QED) is 0.388. The Labute approximate surface area is 227 Å². The maximum atomic E-state index is 13.3. The number of benzene rings is 3. The number of aryl methyl sites for hydroxylation is 1. The highest BCUT2D eigenvalue weighted by Gasteiger charge is 2.25. The number of aromatic nitrogens is 3. The van der Waals surface area contributed by atoms with Crippen molar-refractivity contribution < 1.29 is 19.4 Å². The number of carbonyl (C=O) groups excluding carboxylic acids is 1. The Morgan fingerprint density at radius 1 is 0.923 bits per heavy atom. The van der Waals surface area contributed by atoms with Gasteiger partial charge in [0.2, 0.25) is 0 Å². The second kappa shape index (κ2) is 10.9. The Hall–Kier alpha value is -4.20. The molecule has 1 aromatic heterocycles. The molecule has 1 N–H and O–H groups in total. The summed E-state index contributed by atoms with van der Waals surface area (Å²) < 4.78 is 7.84. The van der Waals surface area contributed by atoms with Crippen molar-refractivity contribution in [3.05, 3.63) is 88.5 Å². The van der Waals surface area contributed by atoms with Gasteiger partial charge in [0.05, 0.1) is 18.5 Å². The molecular formula is C31H32N4O4. The van der Waals surface area contributed by atoms with Crippen LogP contribution in [0.5, 0.6) is 5.75 Å². The van der Waals surface area contributed by atoms with Gasteiger partial charge in [-0.15, -0.1) is 5.10 Å². The third kappa shape index (κ3) is 5.37. The first kappa shape index (κ1) is 25.1. The normalized spacial score (nSPS) is 18.1. The van der Waals surface area contributed by atoms with Gasteiger partial charge in [0.15, 0.2) is 0 Å². The standard InChI is InChI=1S/C31H32N4O4/c36-30(37)19-27-23-6-5-21-13-15-34(20-25(21)17-23)31(38)22-7-10-26(11-8-22)39-16-4-2-1-3-14-35-29-12-9-24(27)18-28(29)32-33-35/h5-12,17-18,27H,1-4,13-16,19-20H2,(H,36,37). The molecule has 3 aromatic carbocycles. The van der Waals surface area contributed by atoms with Crippen molar-refractivity contribution in [3.63, 3.8) is 0 Å². The summed E-state index contributed by atoms with van der Waals surface area (Å²) in [6.45, 7) is 2.57. The van der Waals surface area contributed by atoms with E-state index in [0.29, 0.717) is 25.3 Å². The van der Waals surface area contributed by atoms with Crippen LogP contribution in [-0.4, -0.2) is 50.0 Å². The second-order valence-electron chi connectivity index (χ2n) is 10.5. The number of carbonyl (C=O) groups is 2. The van der Waals surface area contributed by atoms with Gasteiger partial charge in [0, 0.05) is 31.1 Å². The van der Waals surface area contributed by atoms with E-state index in [1.807, 2.05) is 58.1 Å². The van der Waals surface area contributed by atoms with E-state index in [0.717, 1.165) is 72.1 Å². The van der Waals surface area contributed by atoms with Crippen LogP contribution in [0, 0.1) is 0 Å². The van der Waals surface area contributed by atoms with E-state index in [2.05, 4.69) is 22.4 Å². The van der Waals surface area contributed by atoms with E-state index in [1.54, 1.807) is 0 Å². The zero-order chi connectivity index (χ0) is 26.8. The number of carboxylic acid groups (broad SMARTS) is 1. The number of ether oxygens (including phenoxy) is 1. The maximum Gasteiger partial charge on any atom is 0.304 e. The fourth-order valence-electron chi connectivity index (χ4n) is 5.72. The molecule has 0 fully saturated rings. The summed E-state index contributed by atoms with van der Waals surface area (Å²) in [4.78, 5) is 27.1. The number of aliphatic carboxylic acids is 1. The molecule has 8 heteroatoms. The van der Waals surface area contributed by atoms with Gasteiger partial charge >= 0.3 is 5.97 Å². The van der Waals surface area contributed by atoms with Gasteiger partial charge in [-0.05, 0) is 84.3 Å². The van der Waals surface area contributed by atoms with Crippen LogP contribution in [0.4, 0.5) is 0 Å². The summed E-state index contributed by atoms with van der Waals surface area (Å²) in [7, 11) is 0. The molecule has 5 aliphatic rings. The smallest absolute Gasteiger partial charge is 0.304 e. The van der Waals surface area contributed by atoms with Crippen molar-refractivity contribution in [1.29, 1.82) is 0 Å². The number of carboxylic acids is 1. The van der Waals surface area contributed by atoms with E-state index < -0.39 is 5.97 Å². The molecule has 8 nitrogen and oxygen atoms in total. The van der Waals surface area contributed by atoms with Crippen molar-refractivity contribution in [3.8, 4) is 5.75 Å². The minimum atomic E-state index is -0.858. The third-order valence-electron chi connectivity index (χ3n) is 7.89. The van der Waals surface area contributed by atoms with Crippen molar-refractivity contribution in [1.82, 2.24) is 19.9 Å². The molecule has 1 atom stereocenters. The summed E-state index contributed by atoms with van der Waals surface area (Å²) >= 11 is 0. The van der Waals surface area contributed by atoms with Crippen LogP contribution in [-0.2, 0) is 24.3 Å². The number of hydrogen-bond acceptors (Lipinski definition) is 5. The van der Waals surface area contributed by atoms with E-state index in [9.17, 15) is 14.7 Å². The SMILES string of the molecule is O=C(O)CC1c2ccc3c(c2)CN(CC3)C(=O)c2ccc(cc2)OCCCCCCn2nnc3cc1ccc32. The van der Waals surface area contributed by atoms with Crippen LogP contribution in [0.15, 0.2) is 60.7 Å². The van der Waals surface area contributed by atoms with Crippen molar-refractivity contribution in [2.24, 2.45) is 0 Å². The van der Waals surface area contributed by atoms with Crippen molar-refractivity contribution in [2.75, 3.05) is 13.2 Å². The lowest BCUT2D eigenvalue weighted by Gasteiger charge is -2.30. The zero-order valence-electron chi connectivity index (χ0n) is 21.9.